The number of nitrogens with one attached hydrogen (secondary N) is 1. The molecule has 1 N–H and O–H groups in total. The zero-order valence-electron chi connectivity index (χ0n) is 18.5. The summed E-state index contributed by atoms with van der Waals surface area (Å²) >= 11 is 6.99. The van der Waals surface area contributed by atoms with Crippen LogP contribution in [0.15, 0.2) is 35.5 Å². The fourth-order valence-corrected chi connectivity index (χ4v) is 3.89. The Kier molecular flexibility index (Phi) is 7.82. The van der Waals surface area contributed by atoms with Gasteiger partial charge < -0.3 is 24.1 Å². The van der Waals surface area contributed by atoms with Gasteiger partial charge in [0.15, 0.2) is 22.5 Å². The van der Waals surface area contributed by atoms with E-state index in [1.165, 1.54) is 21.3 Å². The number of carbonyl (C=O) groups is 1. The third-order valence-electron chi connectivity index (χ3n) is 4.66. The molecule has 13 heteroatoms. The lowest BCUT2D eigenvalue weighted by atomic mass is 10.1. The number of methoxy groups -OCH3 is 3. The van der Waals surface area contributed by atoms with Gasteiger partial charge in [0.05, 0.1) is 43.4 Å². The van der Waals surface area contributed by atoms with Crippen molar-refractivity contribution in [1.29, 1.82) is 0 Å². The minimum atomic E-state index is -4.55. The van der Waals surface area contributed by atoms with Gasteiger partial charge in [-0.05, 0) is 30.3 Å². The molecule has 182 valence electrons. The summed E-state index contributed by atoms with van der Waals surface area (Å²) in [6, 6.07) is 6.14. The Morgan fingerprint density at radius 2 is 1.74 bits per heavy atom. The van der Waals surface area contributed by atoms with Crippen LogP contribution in [0.4, 0.5) is 18.9 Å². The molecule has 3 rings (SSSR count). The van der Waals surface area contributed by atoms with Gasteiger partial charge in [-0.15, -0.1) is 10.2 Å². The topological polar surface area (TPSA) is 87.5 Å². The number of aromatic nitrogens is 3. The first-order valence-electron chi connectivity index (χ1n) is 9.58. The minimum Gasteiger partial charge on any atom is -0.493 e. The van der Waals surface area contributed by atoms with Crippen molar-refractivity contribution >= 4 is 35.0 Å². The van der Waals surface area contributed by atoms with Gasteiger partial charge in [-0.25, -0.2) is 0 Å². The van der Waals surface area contributed by atoms with E-state index in [1.807, 2.05) is 0 Å². The van der Waals surface area contributed by atoms with Crippen molar-refractivity contribution in [3.05, 3.63) is 40.9 Å². The van der Waals surface area contributed by atoms with Gasteiger partial charge in [0.25, 0.3) is 0 Å². The monoisotopic (exact) mass is 516 g/mol. The van der Waals surface area contributed by atoms with Gasteiger partial charge in [-0.3, -0.25) is 4.79 Å². The van der Waals surface area contributed by atoms with Crippen LogP contribution < -0.4 is 19.5 Å². The molecule has 0 aliphatic heterocycles. The highest BCUT2D eigenvalue weighted by Crippen LogP contribution is 2.41. The van der Waals surface area contributed by atoms with E-state index in [9.17, 15) is 18.0 Å². The van der Waals surface area contributed by atoms with Crippen LogP contribution in [0.2, 0.25) is 5.02 Å². The van der Waals surface area contributed by atoms with Gasteiger partial charge in [0, 0.05) is 12.6 Å². The van der Waals surface area contributed by atoms with Crippen LogP contribution >= 0.6 is 23.4 Å². The zero-order chi connectivity index (χ0) is 25.0. The Labute approximate surface area is 202 Å². The molecular weight excluding hydrogens is 497 g/mol. The second-order valence-corrected chi connectivity index (χ2v) is 8.16. The average molecular weight is 517 g/mol. The molecule has 34 heavy (non-hydrogen) atoms. The first-order valence-corrected chi connectivity index (χ1v) is 10.9. The molecule has 2 aromatic carbocycles. The molecule has 0 radical (unpaired) electrons. The molecule has 0 unspecified atom stereocenters. The molecule has 1 amide bonds. The Hall–Kier alpha value is -3.12. The van der Waals surface area contributed by atoms with E-state index in [0.717, 1.165) is 30.0 Å². The van der Waals surface area contributed by atoms with Crippen molar-refractivity contribution in [2.24, 2.45) is 7.05 Å². The maximum Gasteiger partial charge on any atom is 0.416 e. The van der Waals surface area contributed by atoms with Gasteiger partial charge >= 0.3 is 6.18 Å². The zero-order valence-corrected chi connectivity index (χ0v) is 20.1. The Morgan fingerprint density at radius 3 is 2.29 bits per heavy atom. The number of anilines is 1. The smallest absolute Gasteiger partial charge is 0.416 e. The number of thioether (sulfide) groups is 1. The lowest BCUT2D eigenvalue weighted by Gasteiger charge is -2.14. The van der Waals surface area contributed by atoms with Crippen LogP contribution in [0.25, 0.3) is 11.4 Å². The normalized spacial score (nSPS) is 11.3. The van der Waals surface area contributed by atoms with Crippen molar-refractivity contribution in [3.8, 4) is 28.6 Å². The van der Waals surface area contributed by atoms with Crippen LogP contribution in [0.5, 0.6) is 17.2 Å². The number of nitrogens with zero attached hydrogens (tertiary/aromatic N) is 3. The average Bonchev–Trinajstić information content (AvgIpc) is 3.17. The van der Waals surface area contributed by atoms with Crippen LogP contribution in [0.1, 0.15) is 5.56 Å². The number of halogens is 4. The fraction of sp³-hybridized carbons (Fsp3) is 0.286. The van der Waals surface area contributed by atoms with Gasteiger partial charge in [0.1, 0.15) is 0 Å². The quantitative estimate of drug-likeness (QED) is 0.426. The van der Waals surface area contributed by atoms with E-state index >= 15 is 0 Å². The first kappa shape index (κ1) is 25.5. The highest BCUT2D eigenvalue weighted by atomic mass is 35.5. The van der Waals surface area contributed by atoms with E-state index in [4.69, 9.17) is 25.8 Å². The third-order valence-corrected chi connectivity index (χ3v) is 6.01. The van der Waals surface area contributed by atoms with Crippen molar-refractivity contribution in [1.82, 2.24) is 14.8 Å². The van der Waals surface area contributed by atoms with E-state index in [0.29, 0.717) is 33.8 Å². The number of ether oxygens (including phenoxy) is 3. The minimum absolute atomic E-state index is 0.00491. The lowest BCUT2D eigenvalue weighted by Crippen LogP contribution is -2.16. The summed E-state index contributed by atoms with van der Waals surface area (Å²) in [6.45, 7) is 0. The molecule has 8 nitrogen and oxygen atoms in total. The number of hydrogen-bond acceptors (Lipinski definition) is 7. The van der Waals surface area contributed by atoms with Crippen LogP contribution in [0, 0.1) is 0 Å². The second-order valence-electron chi connectivity index (χ2n) is 6.81. The molecule has 0 fully saturated rings. The molecule has 3 aromatic rings. The van der Waals surface area contributed by atoms with Crippen molar-refractivity contribution in [2.75, 3.05) is 32.4 Å². The summed E-state index contributed by atoms with van der Waals surface area (Å²) < 4.78 is 56.5. The second kappa shape index (κ2) is 10.4. The molecule has 0 atom stereocenters. The maximum atomic E-state index is 12.9. The number of rotatable bonds is 8. The molecule has 0 saturated heterocycles. The lowest BCUT2D eigenvalue weighted by molar-refractivity contribution is -0.137. The molecule has 1 heterocycles. The molecule has 0 aliphatic rings. The van der Waals surface area contributed by atoms with Crippen molar-refractivity contribution < 1.29 is 32.2 Å². The summed E-state index contributed by atoms with van der Waals surface area (Å²) in [6.07, 6.45) is -4.55. The SMILES string of the molecule is COc1cc(-c2nnc(SCC(=O)Nc3cc(C(F)(F)F)ccc3Cl)n2C)cc(OC)c1OC. The molecule has 0 spiro atoms. The Balaban J connectivity index is 1.75. The van der Waals surface area contributed by atoms with Crippen LogP contribution in [-0.4, -0.2) is 47.8 Å². The predicted molar refractivity (Wildman–Crippen MR) is 122 cm³/mol. The Morgan fingerprint density at radius 1 is 1.09 bits per heavy atom. The maximum absolute atomic E-state index is 12.9. The number of hydrogen-bond donors (Lipinski definition) is 1. The largest absolute Gasteiger partial charge is 0.493 e. The van der Waals surface area contributed by atoms with Crippen molar-refractivity contribution in [3.63, 3.8) is 0 Å². The summed E-state index contributed by atoms with van der Waals surface area (Å²) in [7, 11) is 6.19. The molecular formula is C21H20ClF3N4O4S. The van der Waals surface area contributed by atoms with Gasteiger partial charge in [0.2, 0.25) is 11.7 Å². The molecule has 0 aliphatic carbocycles. The standard InChI is InChI=1S/C21H20ClF3N4O4S/c1-29-19(11-7-15(31-2)18(33-4)16(8-11)32-3)27-28-20(29)34-10-17(30)26-14-9-12(21(23,24)25)5-6-13(14)22/h5-9H,10H2,1-4H3,(H,26,30). The van der Waals surface area contributed by atoms with E-state index in [2.05, 4.69) is 15.5 Å². The highest BCUT2D eigenvalue weighted by Gasteiger charge is 2.31. The molecule has 1 aromatic heterocycles. The predicted octanol–water partition coefficient (Wildman–Crippen LogP) is 4.91. The van der Waals surface area contributed by atoms with Gasteiger partial charge in [-0.2, -0.15) is 13.2 Å². The summed E-state index contributed by atoms with van der Waals surface area (Å²) in [5.41, 5.74) is -0.405. The van der Waals surface area contributed by atoms with Gasteiger partial charge in [-0.1, -0.05) is 23.4 Å². The van der Waals surface area contributed by atoms with E-state index in [-0.39, 0.29) is 16.5 Å². The van der Waals surface area contributed by atoms with Crippen LogP contribution in [-0.2, 0) is 18.0 Å². The summed E-state index contributed by atoms with van der Waals surface area (Å²) in [5.74, 6) is 1.09. The summed E-state index contributed by atoms with van der Waals surface area (Å²) in [4.78, 5) is 12.3. The molecule has 0 saturated carbocycles. The molecule has 0 bridgehead atoms. The van der Waals surface area contributed by atoms with E-state index < -0.39 is 17.6 Å². The highest BCUT2D eigenvalue weighted by molar-refractivity contribution is 7.99. The number of amides is 1. The first-order chi connectivity index (χ1) is 16.1. The number of carbonyl (C=O) groups excluding carboxylic acids is 1. The third kappa shape index (κ3) is 5.50. The van der Waals surface area contributed by atoms with Crippen molar-refractivity contribution in [2.45, 2.75) is 11.3 Å². The fourth-order valence-electron chi connectivity index (χ4n) is 3.02. The number of alkyl halides is 3. The summed E-state index contributed by atoms with van der Waals surface area (Å²) in [5, 5.41) is 11.1. The van der Waals surface area contributed by atoms with E-state index in [1.54, 1.807) is 23.7 Å². The number of benzene rings is 2. The van der Waals surface area contributed by atoms with Crippen LogP contribution in [0.3, 0.4) is 0 Å². The Bertz CT molecular complexity index is 1180.